The van der Waals surface area contributed by atoms with Crippen LogP contribution in [-0.2, 0) is 30.0 Å². The van der Waals surface area contributed by atoms with Crippen molar-refractivity contribution in [2.24, 2.45) is 7.05 Å². The third-order valence-corrected chi connectivity index (χ3v) is 7.25. The van der Waals surface area contributed by atoms with E-state index in [0.29, 0.717) is 5.56 Å². The molecular weight excluding hydrogens is 401 g/mol. The summed E-state index contributed by atoms with van der Waals surface area (Å²) in [7, 11) is -1.78. The summed E-state index contributed by atoms with van der Waals surface area (Å²) in [5.74, 6) is -0.414. The SMILES string of the molecule is Cc1cc(S(=O)(=O)NC[C@@H](c2cccn2C)N2CCc3ccccc3C2)ccc1F. The van der Waals surface area contributed by atoms with E-state index < -0.39 is 15.8 Å². The molecule has 0 spiro atoms. The highest BCUT2D eigenvalue weighted by Crippen LogP contribution is 2.28. The largest absolute Gasteiger partial charge is 0.353 e. The summed E-state index contributed by atoms with van der Waals surface area (Å²) < 4.78 is 44.1. The lowest BCUT2D eigenvalue weighted by Gasteiger charge is -2.36. The van der Waals surface area contributed by atoms with Crippen LogP contribution < -0.4 is 4.72 Å². The molecule has 2 aromatic carbocycles. The lowest BCUT2D eigenvalue weighted by atomic mass is 9.98. The third-order valence-electron chi connectivity index (χ3n) is 5.83. The molecule has 5 nitrogen and oxygen atoms in total. The molecule has 0 saturated carbocycles. The fourth-order valence-electron chi connectivity index (χ4n) is 4.08. The van der Waals surface area contributed by atoms with Crippen LogP contribution in [0, 0.1) is 12.7 Å². The normalized spacial score (nSPS) is 15.7. The Morgan fingerprint density at radius 1 is 1.10 bits per heavy atom. The predicted octanol–water partition coefficient (Wildman–Crippen LogP) is 3.55. The molecule has 2 heterocycles. The van der Waals surface area contributed by atoms with Gasteiger partial charge >= 0.3 is 0 Å². The van der Waals surface area contributed by atoms with Gasteiger partial charge in [0.1, 0.15) is 5.82 Å². The Bertz CT molecular complexity index is 1160. The van der Waals surface area contributed by atoms with E-state index in [-0.39, 0.29) is 17.5 Å². The Labute approximate surface area is 177 Å². The van der Waals surface area contributed by atoms with Crippen LogP contribution in [-0.4, -0.2) is 31.0 Å². The highest BCUT2D eigenvalue weighted by atomic mass is 32.2. The van der Waals surface area contributed by atoms with E-state index in [4.69, 9.17) is 0 Å². The minimum Gasteiger partial charge on any atom is -0.353 e. The number of hydrogen-bond acceptors (Lipinski definition) is 3. The standard InChI is InChI=1S/C23H26FN3O2S/c1-17-14-20(9-10-21(17)24)30(28,29)25-15-23(22-8-5-12-26(22)2)27-13-11-18-6-3-4-7-19(18)16-27/h3-10,12,14,23,25H,11,13,15-16H2,1-2H3/t23-/m0/s1. The maximum absolute atomic E-state index is 13.6. The number of benzene rings is 2. The summed E-state index contributed by atoms with van der Waals surface area (Å²) in [5.41, 5.74) is 3.98. The molecule has 1 aromatic heterocycles. The summed E-state index contributed by atoms with van der Waals surface area (Å²) >= 11 is 0. The van der Waals surface area contributed by atoms with Crippen molar-refractivity contribution in [2.75, 3.05) is 13.1 Å². The number of nitrogens with one attached hydrogen (secondary N) is 1. The van der Waals surface area contributed by atoms with Crippen molar-refractivity contribution in [1.82, 2.24) is 14.2 Å². The number of fused-ring (bicyclic) bond motifs is 1. The van der Waals surface area contributed by atoms with Crippen molar-refractivity contribution in [3.63, 3.8) is 0 Å². The summed E-state index contributed by atoms with van der Waals surface area (Å²) in [6, 6.07) is 16.1. The van der Waals surface area contributed by atoms with Crippen LogP contribution in [0.4, 0.5) is 4.39 Å². The lowest BCUT2D eigenvalue weighted by molar-refractivity contribution is 0.174. The Balaban J connectivity index is 1.58. The molecule has 0 saturated heterocycles. The first-order valence-electron chi connectivity index (χ1n) is 10.0. The van der Waals surface area contributed by atoms with Gasteiger partial charge in [-0.05, 0) is 60.4 Å². The summed E-state index contributed by atoms with van der Waals surface area (Å²) in [4.78, 5) is 2.40. The van der Waals surface area contributed by atoms with Crippen molar-refractivity contribution < 1.29 is 12.8 Å². The average Bonchev–Trinajstić information content (AvgIpc) is 3.15. The van der Waals surface area contributed by atoms with Crippen LogP contribution in [0.1, 0.15) is 28.4 Å². The van der Waals surface area contributed by atoms with Gasteiger partial charge in [0.05, 0.1) is 10.9 Å². The predicted molar refractivity (Wildman–Crippen MR) is 115 cm³/mol. The topological polar surface area (TPSA) is 54.3 Å². The van der Waals surface area contributed by atoms with Crippen molar-refractivity contribution >= 4 is 10.0 Å². The second-order valence-corrected chi connectivity index (χ2v) is 9.58. The van der Waals surface area contributed by atoms with Gasteiger partial charge in [0.25, 0.3) is 0 Å². The second kappa shape index (κ2) is 8.34. The maximum Gasteiger partial charge on any atom is 0.240 e. The molecule has 1 aliphatic rings. The quantitative estimate of drug-likeness (QED) is 0.655. The van der Waals surface area contributed by atoms with Crippen LogP contribution in [0.5, 0.6) is 0 Å². The highest BCUT2D eigenvalue weighted by molar-refractivity contribution is 7.89. The number of halogens is 1. The van der Waals surface area contributed by atoms with Gasteiger partial charge in [0, 0.05) is 38.6 Å². The van der Waals surface area contributed by atoms with Crippen LogP contribution >= 0.6 is 0 Å². The first-order valence-corrected chi connectivity index (χ1v) is 11.5. The Hall–Kier alpha value is -2.48. The number of sulfonamides is 1. The average molecular weight is 428 g/mol. The first-order chi connectivity index (χ1) is 14.3. The summed E-state index contributed by atoms with van der Waals surface area (Å²) in [6.45, 7) is 3.42. The minimum absolute atomic E-state index is 0.0796. The van der Waals surface area contributed by atoms with Crippen molar-refractivity contribution in [2.45, 2.75) is 30.8 Å². The Kier molecular flexibility index (Phi) is 5.77. The van der Waals surface area contributed by atoms with Crippen LogP contribution in [0.3, 0.4) is 0 Å². The molecular formula is C23H26FN3O2S. The van der Waals surface area contributed by atoms with Gasteiger partial charge in [0.15, 0.2) is 0 Å². The smallest absolute Gasteiger partial charge is 0.240 e. The molecule has 3 aromatic rings. The summed E-state index contributed by atoms with van der Waals surface area (Å²) in [5, 5.41) is 0. The summed E-state index contributed by atoms with van der Waals surface area (Å²) in [6.07, 6.45) is 2.90. The van der Waals surface area contributed by atoms with Gasteiger partial charge in [-0.15, -0.1) is 0 Å². The van der Waals surface area contributed by atoms with Gasteiger partial charge < -0.3 is 4.57 Å². The molecule has 1 N–H and O–H groups in total. The molecule has 1 aliphatic heterocycles. The molecule has 158 valence electrons. The molecule has 0 aliphatic carbocycles. The van der Waals surface area contributed by atoms with Gasteiger partial charge in [-0.25, -0.2) is 17.5 Å². The van der Waals surface area contributed by atoms with E-state index in [1.54, 1.807) is 6.92 Å². The van der Waals surface area contributed by atoms with E-state index in [1.807, 2.05) is 36.0 Å². The molecule has 0 unspecified atom stereocenters. The zero-order valence-electron chi connectivity index (χ0n) is 17.2. The Morgan fingerprint density at radius 3 is 2.57 bits per heavy atom. The zero-order valence-corrected chi connectivity index (χ0v) is 18.0. The van der Waals surface area contributed by atoms with Gasteiger partial charge in [-0.2, -0.15) is 0 Å². The molecule has 0 amide bonds. The van der Waals surface area contributed by atoms with E-state index in [9.17, 15) is 12.8 Å². The fourth-order valence-corrected chi connectivity index (χ4v) is 5.20. The van der Waals surface area contributed by atoms with Crippen LogP contribution in [0.2, 0.25) is 0 Å². The molecule has 0 radical (unpaired) electrons. The van der Waals surface area contributed by atoms with E-state index in [2.05, 4.69) is 27.8 Å². The van der Waals surface area contributed by atoms with Crippen molar-refractivity contribution in [3.8, 4) is 0 Å². The molecule has 30 heavy (non-hydrogen) atoms. The van der Waals surface area contributed by atoms with Gasteiger partial charge in [0.2, 0.25) is 10.0 Å². The lowest BCUT2D eigenvalue weighted by Crippen LogP contribution is -2.41. The minimum atomic E-state index is -3.75. The van der Waals surface area contributed by atoms with Crippen LogP contribution in [0.15, 0.2) is 65.7 Å². The fraction of sp³-hybridized carbons (Fsp3) is 0.304. The zero-order chi connectivity index (χ0) is 21.3. The number of aryl methyl sites for hydroxylation is 2. The number of hydrogen-bond donors (Lipinski definition) is 1. The Morgan fingerprint density at radius 2 is 1.87 bits per heavy atom. The first kappa shape index (κ1) is 20.8. The van der Waals surface area contributed by atoms with E-state index in [1.165, 1.54) is 29.3 Å². The van der Waals surface area contributed by atoms with Crippen molar-refractivity contribution in [3.05, 3.63) is 89.0 Å². The number of nitrogens with zero attached hydrogens (tertiary/aromatic N) is 2. The molecule has 4 rings (SSSR count). The van der Waals surface area contributed by atoms with E-state index in [0.717, 1.165) is 25.2 Å². The third kappa shape index (κ3) is 4.19. The molecule has 0 fully saturated rings. The number of rotatable bonds is 6. The molecule has 0 bridgehead atoms. The van der Waals surface area contributed by atoms with Crippen molar-refractivity contribution in [1.29, 1.82) is 0 Å². The monoisotopic (exact) mass is 427 g/mol. The van der Waals surface area contributed by atoms with Gasteiger partial charge in [-0.3, -0.25) is 4.90 Å². The molecule has 7 heteroatoms. The molecule has 1 atom stereocenters. The van der Waals surface area contributed by atoms with Crippen LogP contribution in [0.25, 0.3) is 0 Å². The highest BCUT2D eigenvalue weighted by Gasteiger charge is 2.28. The second-order valence-electron chi connectivity index (χ2n) is 7.81. The van der Waals surface area contributed by atoms with E-state index >= 15 is 0 Å². The maximum atomic E-state index is 13.6. The number of aromatic nitrogens is 1. The van der Waals surface area contributed by atoms with Gasteiger partial charge in [-0.1, -0.05) is 24.3 Å².